The summed E-state index contributed by atoms with van der Waals surface area (Å²) in [5.41, 5.74) is 2.41. The lowest BCUT2D eigenvalue weighted by Gasteiger charge is -2.62. The molecule has 4 saturated heterocycles. The molecule has 5 N–H and O–H groups in total. The van der Waals surface area contributed by atoms with Gasteiger partial charge in [-0.2, -0.15) is 4.57 Å². The van der Waals surface area contributed by atoms with Crippen LogP contribution >= 0.6 is 0 Å². The number of hydrogen-bond donors (Lipinski definition) is 5. The van der Waals surface area contributed by atoms with Crippen LogP contribution < -0.4 is 4.57 Å². The first-order valence-corrected chi connectivity index (χ1v) is 26.7. The second kappa shape index (κ2) is 13.3. The minimum absolute atomic E-state index is 0.0116. The summed E-state index contributed by atoms with van der Waals surface area (Å²) in [6.45, 7) is 19.9. The standard InChI is InChI=1S/C55H81N2O9/c1-27-46-41(63-53(27)15-13-47(3,4)65-53)20-33-31-12-11-29-17-36-39(25-50(29,7)32(31)21-42(60)51(33,46)8)57(10)38-18-30-19-40(59)45-34(49(30,6)24-37(38)56-36)22-43(61)52(9)35(45)23-44-55(52,62)28(2)54(64-44)16-14-48(5,26-58)66-54/h23,27-34,40-46,58-62H,11-22,24-26H2,1-10H3/q+1/t27-,28+,29-,30+,31+,32-,33+,34-,40-,41-,42+,43+,44-,45+,46-,48-,49-,50-,51+,52+,53+,54-,55+/m0/s1. The lowest BCUT2D eigenvalue weighted by molar-refractivity contribution is -0.690. The molecule has 0 unspecified atom stereocenters. The third-order valence-electron chi connectivity index (χ3n) is 24.3. The highest BCUT2D eigenvalue weighted by atomic mass is 16.7. The summed E-state index contributed by atoms with van der Waals surface area (Å²) < 4.78 is 29.6. The maximum absolute atomic E-state index is 13.0. The molecule has 0 radical (unpaired) electrons. The molecule has 12 aliphatic rings. The van der Waals surface area contributed by atoms with Gasteiger partial charge in [0.05, 0.1) is 42.2 Å². The normalized spacial score (nSPS) is 59.0. The minimum atomic E-state index is -1.42. The summed E-state index contributed by atoms with van der Waals surface area (Å²) in [5, 5.41) is 60.6. The van der Waals surface area contributed by atoms with Crippen molar-refractivity contribution in [1.29, 1.82) is 0 Å². The zero-order valence-electron chi connectivity index (χ0n) is 41.6. The monoisotopic (exact) mass is 914 g/mol. The van der Waals surface area contributed by atoms with E-state index in [2.05, 4.69) is 59.2 Å². The van der Waals surface area contributed by atoms with Gasteiger partial charge in [0, 0.05) is 66.6 Å². The number of fused-ring (bicyclic) bond motifs is 16. The van der Waals surface area contributed by atoms with E-state index in [1.165, 1.54) is 35.6 Å². The maximum Gasteiger partial charge on any atom is 0.203 e. The molecule has 1 aromatic rings. The van der Waals surface area contributed by atoms with Crippen LogP contribution in [0.25, 0.3) is 0 Å². The number of nitrogens with zero attached hydrogens (tertiary/aromatic N) is 2. The summed E-state index contributed by atoms with van der Waals surface area (Å²) in [5.74, 6) is 0.565. The molecule has 0 amide bonds. The van der Waals surface area contributed by atoms with Crippen molar-refractivity contribution in [3.05, 3.63) is 34.4 Å². The van der Waals surface area contributed by atoms with Gasteiger partial charge in [-0.1, -0.05) is 53.2 Å². The van der Waals surface area contributed by atoms with Gasteiger partial charge in [0.15, 0.2) is 11.6 Å². The van der Waals surface area contributed by atoms with Crippen molar-refractivity contribution in [1.82, 2.24) is 4.98 Å². The second-order valence-corrected chi connectivity index (χ2v) is 27.2. The van der Waals surface area contributed by atoms with Crippen LogP contribution in [-0.2, 0) is 51.7 Å². The number of rotatable bonds is 1. The zero-order valence-corrected chi connectivity index (χ0v) is 41.6. The lowest BCUT2D eigenvalue weighted by Crippen LogP contribution is -2.66. The van der Waals surface area contributed by atoms with Crippen LogP contribution in [0.4, 0.5) is 0 Å². The third kappa shape index (κ3) is 5.08. The van der Waals surface area contributed by atoms with Crippen LogP contribution in [0, 0.1) is 80.8 Å². The van der Waals surface area contributed by atoms with Crippen LogP contribution in [0.1, 0.15) is 149 Å². The summed E-state index contributed by atoms with van der Waals surface area (Å²) in [4.78, 5) is 5.70. The zero-order chi connectivity index (χ0) is 46.5. The van der Waals surface area contributed by atoms with Crippen molar-refractivity contribution in [2.45, 2.75) is 211 Å². The molecule has 23 atom stereocenters. The van der Waals surface area contributed by atoms with E-state index >= 15 is 0 Å². The Morgan fingerprint density at radius 1 is 0.742 bits per heavy atom. The number of aliphatic hydroxyl groups is 5. The Kier molecular flexibility index (Phi) is 8.94. The van der Waals surface area contributed by atoms with Gasteiger partial charge in [-0.15, -0.1) is 0 Å². The summed E-state index contributed by atoms with van der Waals surface area (Å²) in [7, 11) is 2.28. The molecule has 66 heavy (non-hydrogen) atoms. The first-order chi connectivity index (χ1) is 30.9. The van der Waals surface area contributed by atoms with Crippen LogP contribution in [0.2, 0.25) is 0 Å². The molecule has 11 nitrogen and oxygen atoms in total. The molecule has 13 rings (SSSR count). The van der Waals surface area contributed by atoms with Crippen LogP contribution in [0.3, 0.4) is 0 Å². The molecular weight excluding hydrogens is 833 g/mol. The quantitative estimate of drug-likeness (QED) is 0.172. The molecule has 364 valence electrons. The Morgan fingerprint density at radius 3 is 2.18 bits per heavy atom. The summed E-state index contributed by atoms with van der Waals surface area (Å²) in [6.07, 6.45) is 12.0. The molecule has 11 heteroatoms. The first kappa shape index (κ1) is 44.4. The summed E-state index contributed by atoms with van der Waals surface area (Å²) >= 11 is 0. The topological polar surface area (TPSA) is 155 Å². The van der Waals surface area contributed by atoms with Crippen molar-refractivity contribution in [3.63, 3.8) is 0 Å². The molecule has 2 spiro atoms. The van der Waals surface area contributed by atoms with Gasteiger partial charge < -0.3 is 44.5 Å². The van der Waals surface area contributed by atoms with E-state index in [1.807, 2.05) is 20.8 Å². The van der Waals surface area contributed by atoms with Crippen molar-refractivity contribution in [2.24, 2.45) is 87.9 Å². The predicted octanol–water partition coefficient (Wildman–Crippen LogP) is 5.83. The highest BCUT2D eigenvalue weighted by Gasteiger charge is 2.78. The second-order valence-electron chi connectivity index (χ2n) is 27.2. The van der Waals surface area contributed by atoms with E-state index in [0.717, 1.165) is 56.9 Å². The van der Waals surface area contributed by atoms with Crippen LogP contribution in [0.5, 0.6) is 0 Å². The number of aliphatic hydroxyl groups excluding tert-OH is 4. The average molecular weight is 914 g/mol. The van der Waals surface area contributed by atoms with Crippen molar-refractivity contribution in [3.8, 4) is 0 Å². The molecule has 0 aromatic carbocycles. The van der Waals surface area contributed by atoms with E-state index in [1.54, 1.807) is 0 Å². The molecule has 4 aliphatic heterocycles. The molecule has 1 aromatic heterocycles. The highest BCUT2D eigenvalue weighted by Crippen LogP contribution is 2.73. The number of ether oxygens (including phenoxy) is 4. The van der Waals surface area contributed by atoms with Gasteiger partial charge in [-0.05, 0) is 125 Å². The van der Waals surface area contributed by atoms with E-state index < -0.39 is 52.4 Å². The SMILES string of the molecule is C[C@@H]1[C@@]2(CC[C@@](C)(CO)O2)O[C@H]2C=C3[C@@H]4[C@@H](O)C[C@H]5Cc6c(nc7c([n+]6C)C[C@@]6(C)[C@@H](CC[C@H]8[C@H]9C[C@@H]%10O[C@@]%11(CCC(C)(C)O%11)[C@@H](C)[C@@H]%10[C@@]9(C)[C@H](O)C[C@@H]86)C7)C[C@]5(C)[C@H]4C[C@@H](O)[C@]3(C)[C@]21O. The fourth-order valence-corrected chi connectivity index (χ4v) is 20.5. The number of aromatic nitrogens is 2. The molecule has 9 fully saturated rings. The molecule has 8 aliphatic carbocycles. The van der Waals surface area contributed by atoms with E-state index in [0.29, 0.717) is 55.3 Å². The van der Waals surface area contributed by atoms with Crippen molar-refractivity contribution >= 4 is 0 Å². The Labute approximate surface area is 392 Å². The Bertz CT molecular complexity index is 2310. The van der Waals surface area contributed by atoms with Gasteiger partial charge in [0.25, 0.3) is 0 Å². The molecule has 5 heterocycles. The fourth-order valence-electron chi connectivity index (χ4n) is 20.5. The maximum atomic E-state index is 13.0. The highest BCUT2D eigenvalue weighted by molar-refractivity contribution is 5.43. The Balaban J connectivity index is 0.782. The van der Waals surface area contributed by atoms with Gasteiger partial charge >= 0.3 is 0 Å². The van der Waals surface area contributed by atoms with Crippen molar-refractivity contribution in [2.75, 3.05) is 6.61 Å². The molecule has 0 bridgehead atoms. The van der Waals surface area contributed by atoms with E-state index in [4.69, 9.17) is 23.9 Å². The van der Waals surface area contributed by atoms with Gasteiger partial charge in [0.1, 0.15) is 30.1 Å². The Morgan fingerprint density at radius 2 is 1.47 bits per heavy atom. The number of hydrogen-bond acceptors (Lipinski definition) is 10. The third-order valence-corrected chi connectivity index (χ3v) is 24.3. The first-order valence-electron chi connectivity index (χ1n) is 26.7. The molecule has 5 saturated carbocycles. The Hall–Kier alpha value is -1.54. The lowest BCUT2D eigenvalue weighted by atomic mass is 9.43. The molecular formula is C55H81N2O9+. The predicted molar refractivity (Wildman–Crippen MR) is 243 cm³/mol. The average Bonchev–Trinajstić information content (AvgIpc) is 4.04. The van der Waals surface area contributed by atoms with Gasteiger partial charge in [0.2, 0.25) is 11.4 Å². The largest absolute Gasteiger partial charge is 0.393 e. The van der Waals surface area contributed by atoms with Gasteiger partial charge in [-0.25, -0.2) is 4.98 Å². The fraction of sp³-hybridized carbons (Fsp3) is 0.891. The minimum Gasteiger partial charge on any atom is -0.393 e. The van der Waals surface area contributed by atoms with E-state index in [9.17, 15) is 25.5 Å². The van der Waals surface area contributed by atoms with Crippen LogP contribution in [-0.4, -0.2) is 96.0 Å². The van der Waals surface area contributed by atoms with Gasteiger partial charge in [-0.3, -0.25) is 0 Å². The smallest absolute Gasteiger partial charge is 0.203 e. The van der Waals surface area contributed by atoms with Crippen LogP contribution in [0.15, 0.2) is 11.6 Å². The van der Waals surface area contributed by atoms with E-state index in [-0.39, 0.29) is 64.3 Å². The van der Waals surface area contributed by atoms with Crippen molar-refractivity contribution < 1.29 is 49.0 Å². The summed E-state index contributed by atoms with van der Waals surface area (Å²) in [6, 6.07) is 0.